The Morgan fingerprint density at radius 3 is 2.34 bits per heavy atom. The van der Waals surface area contributed by atoms with E-state index in [4.69, 9.17) is 11.6 Å². The van der Waals surface area contributed by atoms with E-state index < -0.39 is 0 Å². The van der Waals surface area contributed by atoms with Crippen LogP contribution in [0.5, 0.6) is 0 Å². The molecule has 1 amide bonds. The number of hydrogen-bond donors (Lipinski definition) is 1. The topological polar surface area (TPSA) is 46.4 Å². The van der Waals surface area contributed by atoms with E-state index in [9.17, 15) is 4.79 Å². The predicted octanol–water partition coefficient (Wildman–Crippen LogP) is 7.42. The molecule has 4 nitrogen and oxygen atoms in total. The van der Waals surface area contributed by atoms with Crippen molar-refractivity contribution in [1.82, 2.24) is 9.99 Å². The van der Waals surface area contributed by atoms with Gasteiger partial charge in [-0.3, -0.25) is 4.79 Å². The standard InChI is InChI=1S/C29H28ClN3OS/c1-19-5-12-27(15-20(19)2)33-21(3)16-25(22(33)4)17-31-32-29(34)24-8-6-23(7-9-24)18-35-28-13-10-26(30)11-14-28/h5-17H,18H2,1-4H3,(H,32,34)/b31-17-. The minimum atomic E-state index is -0.235. The highest BCUT2D eigenvalue weighted by atomic mass is 35.5. The Morgan fingerprint density at radius 2 is 1.66 bits per heavy atom. The maximum absolute atomic E-state index is 12.6. The second kappa shape index (κ2) is 11.0. The third kappa shape index (κ3) is 6.05. The monoisotopic (exact) mass is 501 g/mol. The van der Waals surface area contributed by atoms with Gasteiger partial charge in [0.05, 0.1) is 6.21 Å². The first-order chi connectivity index (χ1) is 16.8. The fourth-order valence-electron chi connectivity index (χ4n) is 3.86. The van der Waals surface area contributed by atoms with Crippen LogP contribution in [-0.2, 0) is 5.75 Å². The molecule has 1 N–H and O–H groups in total. The SMILES string of the molecule is Cc1ccc(-n2c(C)cc(/C=N\NC(=O)c3ccc(CSc4ccc(Cl)cc4)cc3)c2C)cc1C. The Morgan fingerprint density at radius 1 is 0.943 bits per heavy atom. The Labute approximate surface area is 216 Å². The van der Waals surface area contributed by atoms with Gasteiger partial charge in [0.1, 0.15) is 0 Å². The summed E-state index contributed by atoms with van der Waals surface area (Å²) in [6.45, 7) is 8.37. The molecule has 0 saturated carbocycles. The number of aromatic nitrogens is 1. The van der Waals surface area contributed by atoms with Crippen molar-refractivity contribution in [2.24, 2.45) is 5.10 Å². The molecule has 0 saturated heterocycles. The summed E-state index contributed by atoms with van der Waals surface area (Å²) in [5, 5.41) is 4.94. The number of halogens is 1. The molecule has 1 aromatic heterocycles. The second-order valence-electron chi connectivity index (χ2n) is 8.57. The minimum absolute atomic E-state index is 0.235. The number of nitrogens with zero attached hydrogens (tertiary/aromatic N) is 2. The van der Waals surface area contributed by atoms with Crippen LogP contribution in [-0.4, -0.2) is 16.7 Å². The van der Waals surface area contributed by atoms with Crippen LogP contribution in [0.25, 0.3) is 5.69 Å². The Balaban J connectivity index is 1.37. The molecule has 0 radical (unpaired) electrons. The zero-order valence-corrected chi connectivity index (χ0v) is 21.9. The van der Waals surface area contributed by atoms with Gasteiger partial charge in [0, 0.05) is 43.9 Å². The third-order valence-electron chi connectivity index (χ3n) is 6.02. The molecule has 178 valence electrons. The predicted molar refractivity (Wildman–Crippen MR) is 147 cm³/mol. The highest BCUT2D eigenvalue weighted by Gasteiger charge is 2.11. The Hall–Kier alpha value is -3.28. The van der Waals surface area contributed by atoms with Gasteiger partial charge in [-0.05, 0) is 99.0 Å². The van der Waals surface area contributed by atoms with Crippen LogP contribution in [0.2, 0.25) is 5.02 Å². The van der Waals surface area contributed by atoms with E-state index in [1.165, 1.54) is 11.1 Å². The first kappa shape index (κ1) is 24.8. The quantitative estimate of drug-likeness (QED) is 0.163. The summed E-state index contributed by atoms with van der Waals surface area (Å²) in [5.74, 6) is 0.582. The normalized spacial score (nSPS) is 11.2. The molecule has 0 aliphatic heterocycles. The number of rotatable bonds is 7. The van der Waals surface area contributed by atoms with Crippen molar-refractivity contribution in [3.8, 4) is 5.69 Å². The Kier molecular flexibility index (Phi) is 7.79. The van der Waals surface area contributed by atoms with Gasteiger partial charge in [-0.15, -0.1) is 11.8 Å². The molecule has 0 aliphatic rings. The fourth-order valence-corrected chi connectivity index (χ4v) is 4.84. The average Bonchev–Trinajstić information content (AvgIpc) is 3.13. The number of benzene rings is 3. The van der Waals surface area contributed by atoms with Crippen LogP contribution in [0, 0.1) is 27.7 Å². The lowest BCUT2D eigenvalue weighted by atomic mass is 10.1. The molecular formula is C29H28ClN3OS. The molecule has 0 atom stereocenters. The maximum Gasteiger partial charge on any atom is 0.271 e. The van der Waals surface area contributed by atoms with E-state index in [0.717, 1.165) is 43.9 Å². The lowest BCUT2D eigenvalue weighted by Crippen LogP contribution is -2.17. The summed E-state index contributed by atoms with van der Waals surface area (Å²) in [5.41, 5.74) is 11.2. The number of carbonyl (C=O) groups is 1. The summed E-state index contributed by atoms with van der Waals surface area (Å²) in [7, 11) is 0. The first-order valence-electron chi connectivity index (χ1n) is 11.4. The second-order valence-corrected chi connectivity index (χ2v) is 10.1. The number of aryl methyl sites for hydroxylation is 3. The lowest BCUT2D eigenvalue weighted by Gasteiger charge is -2.11. The van der Waals surface area contributed by atoms with Crippen molar-refractivity contribution in [2.45, 2.75) is 38.3 Å². The number of carbonyl (C=O) groups excluding carboxylic acids is 1. The van der Waals surface area contributed by atoms with E-state index in [-0.39, 0.29) is 5.91 Å². The summed E-state index contributed by atoms with van der Waals surface area (Å²) in [4.78, 5) is 13.7. The molecule has 3 aromatic carbocycles. The van der Waals surface area contributed by atoms with Crippen LogP contribution < -0.4 is 5.43 Å². The number of nitrogens with one attached hydrogen (secondary N) is 1. The number of amides is 1. The van der Waals surface area contributed by atoms with Crippen molar-refractivity contribution in [3.63, 3.8) is 0 Å². The zero-order chi connectivity index (χ0) is 24.9. The van der Waals surface area contributed by atoms with Gasteiger partial charge in [-0.2, -0.15) is 5.10 Å². The summed E-state index contributed by atoms with van der Waals surface area (Å²) >= 11 is 7.67. The van der Waals surface area contributed by atoms with Crippen molar-refractivity contribution >= 4 is 35.5 Å². The van der Waals surface area contributed by atoms with Gasteiger partial charge >= 0.3 is 0 Å². The highest BCUT2D eigenvalue weighted by molar-refractivity contribution is 7.98. The molecule has 4 aromatic rings. The third-order valence-corrected chi connectivity index (χ3v) is 7.36. The smallest absolute Gasteiger partial charge is 0.271 e. The molecule has 35 heavy (non-hydrogen) atoms. The lowest BCUT2D eigenvalue weighted by molar-refractivity contribution is 0.0955. The summed E-state index contributed by atoms with van der Waals surface area (Å²) < 4.78 is 2.20. The van der Waals surface area contributed by atoms with E-state index >= 15 is 0 Å². The molecule has 0 spiro atoms. The average molecular weight is 502 g/mol. The zero-order valence-electron chi connectivity index (χ0n) is 20.3. The van der Waals surface area contributed by atoms with Crippen LogP contribution in [0.15, 0.2) is 82.8 Å². The van der Waals surface area contributed by atoms with Crippen molar-refractivity contribution < 1.29 is 4.79 Å². The molecule has 4 rings (SSSR count). The number of hydrogen-bond acceptors (Lipinski definition) is 3. The van der Waals surface area contributed by atoms with Gasteiger partial charge < -0.3 is 4.57 Å². The highest BCUT2D eigenvalue weighted by Crippen LogP contribution is 2.25. The molecule has 1 heterocycles. The number of hydrazone groups is 1. The fraction of sp³-hybridized carbons (Fsp3) is 0.172. The molecule has 0 unspecified atom stereocenters. The molecule has 0 fully saturated rings. The van der Waals surface area contributed by atoms with Crippen LogP contribution in [0.3, 0.4) is 0 Å². The van der Waals surface area contributed by atoms with Crippen LogP contribution >= 0.6 is 23.4 Å². The van der Waals surface area contributed by atoms with E-state index in [1.54, 1.807) is 18.0 Å². The van der Waals surface area contributed by atoms with Gasteiger partial charge in [-0.25, -0.2) is 5.43 Å². The van der Waals surface area contributed by atoms with E-state index in [1.807, 2.05) is 48.5 Å². The van der Waals surface area contributed by atoms with Crippen LogP contribution in [0.4, 0.5) is 0 Å². The van der Waals surface area contributed by atoms with Gasteiger partial charge in [0.15, 0.2) is 0 Å². The largest absolute Gasteiger partial charge is 0.318 e. The van der Waals surface area contributed by atoms with Gasteiger partial charge in [0.2, 0.25) is 0 Å². The molecule has 6 heteroatoms. The van der Waals surface area contributed by atoms with Crippen molar-refractivity contribution in [3.05, 3.63) is 117 Å². The molecule has 0 bridgehead atoms. The first-order valence-corrected chi connectivity index (χ1v) is 12.8. The molecular weight excluding hydrogens is 474 g/mol. The van der Waals surface area contributed by atoms with E-state index in [2.05, 4.69) is 67.1 Å². The van der Waals surface area contributed by atoms with Crippen molar-refractivity contribution in [1.29, 1.82) is 0 Å². The Bertz CT molecular complexity index is 1370. The van der Waals surface area contributed by atoms with Crippen LogP contribution in [0.1, 0.15) is 44.0 Å². The van der Waals surface area contributed by atoms with E-state index in [0.29, 0.717) is 5.56 Å². The summed E-state index contributed by atoms with van der Waals surface area (Å²) in [6, 6.07) is 23.9. The van der Waals surface area contributed by atoms with Gasteiger partial charge in [0.25, 0.3) is 5.91 Å². The number of thioether (sulfide) groups is 1. The molecule has 0 aliphatic carbocycles. The van der Waals surface area contributed by atoms with Crippen molar-refractivity contribution in [2.75, 3.05) is 0 Å². The summed E-state index contributed by atoms with van der Waals surface area (Å²) in [6.07, 6.45) is 1.70. The minimum Gasteiger partial charge on any atom is -0.318 e. The van der Waals surface area contributed by atoms with Gasteiger partial charge in [-0.1, -0.05) is 29.8 Å². The maximum atomic E-state index is 12.6.